The molecule has 1 heterocycles. The van der Waals surface area contributed by atoms with E-state index in [-0.39, 0.29) is 0 Å². The number of hydrogen-bond acceptors (Lipinski definition) is 4. The summed E-state index contributed by atoms with van der Waals surface area (Å²) in [5, 5.41) is 0. The molecule has 14 heavy (non-hydrogen) atoms. The van der Waals surface area contributed by atoms with Crippen molar-refractivity contribution in [3.63, 3.8) is 0 Å². The van der Waals surface area contributed by atoms with Gasteiger partial charge in [-0.05, 0) is 28.9 Å². The first-order chi connectivity index (χ1) is 6.69. The summed E-state index contributed by atoms with van der Waals surface area (Å²) in [7, 11) is 1.51. The molecule has 5 heteroatoms. The number of esters is 1. The molecule has 0 saturated carbocycles. The second kappa shape index (κ2) is 4.95. The van der Waals surface area contributed by atoms with Crippen LogP contribution < -0.4 is 4.74 Å². The lowest BCUT2D eigenvalue weighted by atomic mass is 10.3. The molecule has 0 aliphatic heterocycles. The summed E-state index contributed by atoms with van der Waals surface area (Å²) in [6.45, 7) is 2.10. The van der Waals surface area contributed by atoms with Gasteiger partial charge >= 0.3 is 5.97 Å². The van der Waals surface area contributed by atoms with Gasteiger partial charge in [-0.2, -0.15) is 0 Å². The molecule has 0 atom stereocenters. The number of carbonyl (C=O) groups is 1. The standard InChI is InChI=1S/C9H10BrNO3/c1-3-14-9(12)6-4-5-7(13-2)11-8(6)10/h4-5H,3H2,1-2H3. The first kappa shape index (κ1) is 11.0. The lowest BCUT2D eigenvalue weighted by molar-refractivity contribution is 0.0524. The number of pyridine rings is 1. The lowest BCUT2D eigenvalue weighted by Gasteiger charge is -2.04. The van der Waals surface area contributed by atoms with Gasteiger partial charge in [0.15, 0.2) is 0 Å². The third-order valence-electron chi connectivity index (χ3n) is 1.53. The van der Waals surface area contributed by atoms with E-state index in [1.54, 1.807) is 19.1 Å². The Labute approximate surface area is 90.4 Å². The van der Waals surface area contributed by atoms with Crippen LogP contribution in [0.5, 0.6) is 5.88 Å². The molecule has 4 nitrogen and oxygen atoms in total. The van der Waals surface area contributed by atoms with E-state index < -0.39 is 5.97 Å². The Hall–Kier alpha value is -1.10. The van der Waals surface area contributed by atoms with Gasteiger partial charge in [-0.3, -0.25) is 0 Å². The van der Waals surface area contributed by atoms with Crippen molar-refractivity contribution < 1.29 is 14.3 Å². The van der Waals surface area contributed by atoms with E-state index in [0.29, 0.717) is 22.7 Å². The van der Waals surface area contributed by atoms with Crippen LogP contribution in [0.3, 0.4) is 0 Å². The Bertz CT molecular complexity index is 341. The fourth-order valence-electron chi connectivity index (χ4n) is 0.892. The Balaban J connectivity index is 2.94. The van der Waals surface area contributed by atoms with Gasteiger partial charge in [0, 0.05) is 6.07 Å². The molecular formula is C9H10BrNO3. The van der Waals surface area contributed by atoms with Crippen molar-refractivity contribution in [2.24, 2.45) is 0 Å². The van der Waals surface area contributed by atoms with Crippen molar-refractivity contribution in [1.82, 2.24) is 4.98 Å². The Morgan fingerprint density at radius 2 is 2.29 bits per heavy atom. The van der Waals surface area contributed by atoms with E-state index in [4.69, 9.17) is 9.47 Å². The topological polar surface area (TPSA) is 48.4 Å². The van der Waals surface area contributed by atoms with Crippen molar-refractivity contribution in [3.05, 3.63) is 22.3 Å². The van der Waals surface area contributed by atoms with Crippen LogP contribution in [0.15, 0.2) is 16.7 Å². The van der Waals surface area contributed by atoms with Crippen LogP contribution >= 0.6 is 15.9 Å². The normalized spacial score (nSPS) is 9.64. The Morgan fingerprint density at radius 1 is 1.57 bits per heavy atom. The third kappa shape index (κ3) is 2.45. The highest BCUT2D eigenvalue weighted by molar-refractivity contribution is 9.10. The number of ether oxygens (including phenoxy) is 2. The summed E-state index contributed by atoms with van der Waals surface area (Å²) >= 11 is 3.17. The van der Waals surface area contributed by atoms with Gasteiger partial charge in [0.2, 0.25) is 5.88 Å². The van der Waals surface area contributed by atoms with Gasteiger partial charge in [0.25, 0.3) is 0 Å². The number of carbonyl (C=O) groups excluding carboxylic acids is 1. The zero-order valence-corrected chi connectivity index (χ0v) is 9.50. The third-order valence-corrected chi connectivity index (χ3v) is 2.13. The van der Waals surface area contributed by atoms with Crippen molar-refractivity contribution in [2.75, 3.05) is 13.7 Å². The minimum atomic E-state index is -0.394. The van der Waals surface area contributed by atoms with E-state index in [1.807, 2.05) is 0 Å². The molecule has 0 aliphatic rings. The number of nitrogens with zero attached hydrogens (tertiary/aromatic N) is 1. The van der Waals surface area contributed by atoms with Crippen molar-refractivity contribution in [2.45, 2.75) is 6.92 Å². The summed E-state index contributed by atoms with van der Waals surface area (Å²) in [6, 6.07) is 3.21. The average Bonchev–Trinajstić information content (AvgIpc) is 2.17. The summed E-state index contributed by atoms with van der Waals surface area (Å²) in [4.78, 5) is 15.3. The maximum absolute atomic E-state index is 11.3. The second-order valence-corrected chi connectivity index (χ2v) is 3.16. The molecular weight excluding hydrogens is 250 g/mol. The smallest absolute Gasteiger partial charge is 0.340 e. The average molecular weight is 260 g/mol. The fraction of sp³-hybridized carbons (Fsp3) is 0.333. The molecule has 0 saturated heterocycles. The molecule has 0 unspecified atom stereocenters. The molecule has 0 N–H and O–H groups in total. The van der Waals surface area contributed by atoms with Crippen LogP contribution in [-0.4, -0.2) is 24.7 Å². The van der Waals surface area contributed by atoms with Gasteiger partial charge in [-0.1, -0.05) is 0 Å². The van der Waals surface area contributed by atoms with Crippen LogP contribution in [0.2, 0.25) is 0 Å². The van der Waals surface area contributed by atoms with Crippen molar-refractivity contribution in [1.29, 1.82) is 0 Å². The zero-order valence-electron chi connectivity index (χ0n) is 7.91. The number of rotatable bonds is 3. The van der Waals surface area contributed by atoms with Gasteiger partial charge in [-0.25, -0.2) is 9.78 Å². The summed E-state index contributed by atoms with van der Waals surface area (Å²) in [5.41, 5.74) is 0.396. The maximum Gasteiger partial charge on any atom is 0.340 e. The largest absolute Gasteiger partial charge is 0.481 e. The summed E-state index contributed by atoms with van der Waals surface area (Å²) < 4.78 is 10.2. The van der Waals surface area contributed by atoms with E-state index in [9.17, 15) is 4.79 Å². The second-order valence-electron chi connectivity index (χ2n) is 2.41. The van der Waals surface area contributed by atoms with E-state index >= 15 is 0 Å². The lowest BCUT2D eigenvalue weighted by Crippen LogP contribution is -2.06. The molecule has 0 amide bonds. The molecule has 0 aliphatic carbocycles. The Kier molecular flexibility index (Phi) is 3.88. The summed E-state index contributed by atoms with van der Waals surface area (Å²) in [6.07, 6.45) is 0. The molecule has 76 valence electrons. The first-order valence-electron chi connectivity index (χ1n) is 4.06. The molecule has 0 fully saturated rings. The molecule has 0 spiro atoms. The van der Waals surface area contributed by atoms with Crippen molar-refractivity contribution >= 4 is 21.9 Å². The summed E-state index contributed by atoms with van der Waals surface area (Å²) in [5.74, 6) is 0.0550. The predicted molar refractivity (Wildman–Crippen MR) is 54.4 cm³/mol. The molecule has 1 rings (SSSR count). The van der Waals surface area contributed by atoms with E-state index in [1.165, 1.54) is 7.11 Å². The number of methoxy groups -OCH3 is 1. The highest BCUT2D eigenvalue weighted by Gasteiger charge is 2.12. The van der Waals surface area contributed by atoms with Crippen LogP contribution in [0.4, 0.5) is 0 Å². The van der Waals surface area contributed by atoms with Crippen LogP contribution in [-0.2, 0) is 4.74 Å². The molecule has 0 radical (unpaired) electrons. The maximum atomic E-state index is 11.3. The van der Waals surface area contributed by atoms with Gasteiger partial charge < -0.3 is 9.47 Å². The number of hydrogen-bond donors (Lipinski definition) is 0. The molecule has 1 aromatic heterocycles. The first-order valence-corrected chi connectivity index (χ1v) is 4.86. The van der Waals surface area contributed by atoms with Gasteiger partial charge in [0.05, 0.1) is 19.3 Å². The SMILES string of the molecule is CCOC(=O)c1ccc(OC)nc1Br. The quantitative estimate of drug-likeness (QED) is 0.616. The van der Waals surface area contributed by atoms with E-state index in [2.05, 4.69) is 20.9 Å². The predicted octanol–water partition coefficient (Wildman–Crippen LogP) is 2.03. The Morgan fingerprint density at radius 3 is 2.79 bits per heavy atom. The molecule has 1 aromatic rings. The molecule has 0 bridgehead atoms. The van der Waals surface area contributed by atoms with Crippen LogP contribution in [0.25, 0.3) is 0 Å². The number of aromatic nitrogens is 1. The minimum Gasteiger partial charge on any atom is -0.481 e. The monoisotopic (exact) mass is 259 g/mol. The van der Waals surface area contributed by atoms with Gasteiger partial charge in [0.1, 0.15) is 4.60 Å². The molecule has 0 aromatic carbocycles. The van der Waals surface area contributed by atoms with Crippen molar-refractivity contribution in [3.8, 4) is 5.88 Å². The van der Waals surface area contributed by atoms with Crippen LogP contribution in [0.1, 0.15) is 17.3 Å². The highest BCUT2D eigenvalue weighted by Crippen LogP contribution is 2.18. The van der Waals surface area contributed by atoms with E-state index in [0.717, 1.165) is 0 Å². The fourth-order valence-corrected chi connectivity index (χ4v) is 1.36. The van der Waals surface area contributed by atoms with Crippen LogP contribution in [0, 0.1) is 0 Å². The zero-order chi connectivity index (χ0) is 10.6. The van der Waals surface area contributed by atoms with Gasteiger partial charge in [-0.15, -0.1) is 0 Å². The highest BCUT2D eigenvalue weighted by atomic mass is 79.9. The number of halogens is 1. The minimum absolute atomic E-state index is 0.345.